The highest BCUT2D eigenvalue weighted by atomic mass is 16.5. The molecule has 0 amide bonds. The molecule has 0 unspecified atom stereocenters. The second-order valence-corrected chi connectivity index (χ2v) is 6.51. The molecule has 0 aliphatic rings. The molecule has 0 aliphatic heterocycles. The van der Waals surface area contributed by atoms with E-state index in [4.69, 9.17) is 9.47 Å². The van der Waals surface area contributed by atoms with Gasteiger partial charge in [0.25, 0.3) is 0 Å². The number of para-hydroxylation sites is 1. The van der Waals surface area contributed by atoms with Gasteiger partial charge in [0.2, 0.25) is 0 Å². The molecule has 0 radical (unpaired) electrons. The number of benzene rings is 1. The van der Waals surface area contributed by atoms with Crippen LogP contribution < -0.4 is 14.8 Å². The highest BCUT2D eigenvalue weighted by Crippen LogP contribution is 2.32. The second kappa shape index (κ2) is 8.93. The monoisotopic (exact) mass is 293 g/mol. The summed E-state index contributed by atoms with van der Waals surface area (Å²) in [6.07, 6.45) is 2.15. The first kappa shape index (κ1) is 17.8. The van der Waals surface area contributed by atoms with Crippen LogP contribution in [0.1, 0.15) is 53.0 Å². The topological polar surface area (TPSA) is 30.5 Å². The van der Waals surface area contributed by atoms with Gasteiger partial charge in [0.1, 0.15) is 0 Å². The third-order valence-corrected chi connectivity index (χ3v) is 3.20. The van der Waals surface area contributed by atoms with Crippen molar-refractivity contribution in [3.8, 4) is 11.5 Å². The van der Waals surface area contributed by atoms with E-state index in [1.54, 1.807) is 0 Å². The lowest BCUT2D eigenvalue weighted by molar-refractivity contribution is 0.227. The number of hydrogen-bond donors (Lipinski definition) is 1. The summed E-state index contributed by atoms with van der Waals surface area (Å²) in [6.45, 7) is 14.1. The fraction of sp³-hybridized carbons (Fsp3) is 0.667. The Morgan fingerprint density at radius 3 is 2.48 bits per heavy atom. The minimum Gasteiger partial charge on any atom is -0.490 e. The highest BCUT2D eigenvalue weighted by Gasteiger charge is 2.14. The van der Waals surface area contributed by atoms with Crippen molar-refractivity contribution in [2.45, 2.75) is 54.0 Å². The van der Waals surface area contributed by atoms with Crippen molar-refractivity contribution in [3.63, 3.8) is 0 Å². The summed E-state index contributed by atoms with van der Waals surface area (Å²) >= 11 is 0. The molecule has 1 rings (SSSR count). The number of nitrogens with one attached hydrogen (secondary N) is 1. The zero-order valence-corrected chi connectivity index (χ0v) is 14.3. The molecule has 0 aliphatic carbocycles. The van der Waals surface area contributed by atoms with E-state index in [0.29, 0.717) is 13.2 Å². The van der Waals surface area contributed by atoms with E-state index >= 15 is 0 Å². The molecule has 0 aromatic heterocycles. The van der Waals surface area contributed by atoms with Gasteiger partial charge in [-0.2, -0.15) is 0 Å². The average molecular weight is 293 g/mol. The minimum absolute atomic E-state index is 0.279. The number of hydrogen-bond acceptors (Lipinski definition) is 3. The highest BCUT2D eigenvalue weighted by molar-refractivity contribution is 5.46. The first-order valence-electron chi connectivity index (χ1n) is 8.06. The Labute approximate surface area is 130 Å². The maximum absolute atomic E-state index is 6.06. The van der Waals surface area contributed by atoms with Gasteiger partial charge in [-0.25, -0.2) is 0 Å². The Morgan fingerprint density at radius 1 is 1.10 bits per heavy atom. The van der Waals surface area contributed by atoms with Gasteiger partial charge in [0.15, 0.2) is 11.5 Å². The van der Waals surface area contributed by atoms with Crippen molar-refractivity contribution >= 4 is 0 Å². The second-order valence-electron chi connectivity index (χ2n) is 6.51. The van der Waals surface area contributed by atoms with E-state index in [2.05, 4.69) is 39.1 Å². The summed E-state index contributed by atoms with van der Waals surface area (Å²) in [6, 6.07) is 6.13. The van der Waals surface area contributed by atoms with Crippen LogP contribution in [0.2, 0.25) is 0 Å². The normalized spacial score (nSPS) is 11.5. The third kappa shape index (κ3) is 6.85. The Kier molecular flexibility index (Phi) is 7.58. The fourth-order valence-electron chi connectivity index (χ4n) is 1.99. The van der Waals surface area contributed by atoms with Gasteiger partial charge in [0, 0.05) is 12.1 Å². The molecule has 0 saturated heterocycles. The van der Waals surface area contributed by atoms with Gasteiger partial charge >= 0.3 is 0 Å². The fourth-order valence-corrected chi connectivity index (χ4v) is 1.99. The van der Waals surface area contributed by atoms with Crippen LogP contribution in [0.25, 0.3) is 0 Å². The van der Waals surface area contributed by atoms with Crippen molar-refractivity contribution < 1.29 is 9.47 Å². The average Bonchev–Trinajstić information content (AvgIpc) is 2.40. The molecule has 3 heteroatoms. The van der Waals surface area contributed by atoms with Crippen LogP contribution in [0.15, 0.2) is 18.2 Å². The third-order valence-electron chi connectivity index (χ3n) is 3.20. The van der Waals surface area contributed by atoms with Crippen molar-refractivity contribution in [1.82, 2.24) is 5.32 Å². The lowest BCUT2D eigenvalue weighted by Gasteiger charge is -2.20. The first-order valence-corrected chi connectivity index (χ1v) is 8.06. The van der Waals surface area contributed by atoms with Crippen molar-refractivity contribution in [3.05, 3.63) is 23.8 Å². The van der Waals surface area contributed by atoms with Crippen LogP contribution in [-0.4, -0.2) is 19.8 Å². The van der Waals surface area contributed by atoms with E-state index in [1.165, 1.54) is 5.56 Å². The Bertz CT molecular complexity index is 410. The molecule has 120 valence electrons. The molecule has 21 heavy (non-hydrogen) atoms. The Balaban J connectivity index is 2.78. The SMILES string of the molecule is CCCNCc1cccc(OCC)c1OCCC(C)(C)C. The van der Waals surface area contributed by atoms with Crippen molar-refractivity contribution in [2.24, 2.45) is 5.41 Å². The van der Waals surface area contributed by atoms with Gasteiger partial charge in [-0.15, -0.1) is 0 Å². The maximum Gasteiger partial charge on any atom is 0.165 e. The van der Waals surface area contributed by atoms with E-state index < -0.39 is 0 Å². The molecule has 0 bridgehead atoms. The Morgan fingerprint density at radius 2 is 1.86 bits per heavy atom. The smallest absolute Gasteiger partial charge is 0.165 e. The molecule has 0 heterocycles. The Hall–Kier alpha value is -1.22. The molecule has 3 nitrogen and oxygen atoms in total. The molecular weight excluding hydrogens is 262 g/mol. The predicted octanol–water partition coefficient (Wildman–Crippen LogP) is 4.40. The minimum atomic E-state index is 0.279. The largest absolute Gasteiger partial charge is 0.490 e. The van der Waals surface area contributed by atoms with E-state index in [9.17, 15) is 0 Å². The molecule has 0 saturated carbocycles. The maximum atomic E-state index is 6.06. The lowest BCUT2D eigenvalue weighted by Crippen LogP contribution is -2.16. The van der Waals surface area contributed by atoms with Gasteiger partial charge in [-0.3, -0.25) is 0 Å². The predicted molar refractivity (Wildman–Crippen MR) is 89.2 cm³/mol. The summed E-state index contributed by atoms with van der Waals surface area (Å²) in [5, 5.41) is 3.43. The van der Waals surface area contributed by atoms with Crippen LogP contribution in [0.3, 0.4) is 0 Å². The first-order chi connectivity index (χ1) is 9.98. The molecule has 0 fully saturated rings. The van der Waals surface area contributed by atoms with Crippen LogP contribution in [0, 0.1) is 5.41 Å². The van der Waals surface area contributed by atoms with Gasteiger partial charge in [-0.05, 0) is 37.8 Å². The molecule has 1 N–H and O–H groups in total. The zero-order chi connectivity index (χ0) is 15.7. The van der Waals surface area contributed by atoms with E-state index in [-0.39, 0.29) is 5.41 Å². The molecule has 0 atom stereocenters. The summed E-state index contributed by atoms with van der Waals surface area (Å²) in [5.41, 5.74) is 1.45. The van der Waals surface area contributed by atoms with Crippen molar-refractivity contribution in [1.29, 1.82) is 0 Å². The number of rotatable bonds is 9. The summed E-state index contributed by atoms with van der Waals surface area (Å²) in [7, 11) is 0. The quantitative estimate of drug-likeness (QED) is 0.685. The molecule has 0 spiro atoms. The van der Waals surface area contributed by atoms with Gasteiger partial charge in [-0.1, -0.05) is 39.8 Å². The van der Waals surface area contributed by atoms with Crippen LogP contribution >= 0.6 is 0 Å². The summed E-state index contributed by atoms with van der Waals surface area (Å²) in [5.74, 6) is 1.74. The van der Waals surface area contributed by atoms with Crippen LogP contribution in [0.4, 0.5) is 0 Å². The van der Waals surface area contributed by atoms with Gasteiger partial charge < -0.3 is 14.8 Å². The number of ether oxygens (including phenoxy) is 2. The molecular formula is C18H31NO2. The summed E-state index contributed by atoms with van der Waals surface area (Å²) in [4.78, 5) is 0. The van der Waals surface area contributed by atoms with Gasteiger partial charge in [0.05, 0.1) is 13.2 Å². The lowest BCUT2D eigenvalue weighted by atomic mass is 9.93. The van der Waals surface area contributed by atoms with E-state index in [0.717, 1.165) is 37.4 Å². The molecule has 1 aromatic rings. The van der Waals surface area contributed by atoms with Crippen LogP contribution in [0.5, 0.6) is 11.5 Å². The van der Waals surface area contributed by atoms with Crippen molar-refractivity contribution in [2.75, 3.05) is 19.8 Å². The zero-order valence-electron chi connectivity index (χ0n) is 14.3. The van der Waals surface area contributed by atoms with Crippen LogP contribution in [-0.2, 0) is 6.54 Å². The standard InChI is InChI=1S/C18H31NO2/c1-6-12-19-14-15-9-8-10-16(20-7-2)17(15)21-13-11-18(3,4)5/h8-10,19H,6-7,11-14H2,1-5H3. The summed E-state index contributed by atoms with van der Waals surface area (Å²) < 4.78 is 11.8. The van der Waals surface area contributed by atoms with E-state index in [1.807, 2.05) is 19.1 Å². The molecule has 1 aromatic carbocycles.